The lowest BCUT2D eigenvalue weighted by molar-refractivity contribution is 0.282. The Morgan fingerprint density at radius 3 is 2.47 bits per heavy atom. The third-order valence-electron chi connectivity index (χ3n) is 2.49. The molecule has 0 saturated heterocycles. The molecule has 0 saturated carbocycles. The number of aliphatic hydroxyl groups excluding tert-OH is 1. The van der Waals surface area contributed by atoms with Gasteiger partial charge in [0.1, 0.15) is 4.90 Å². The van der Waals surface area contributed by atoms with E-state index >= 15 is 0 Å². The second kappa shape index (κ2) is 5.25. The molecule has 0 aliphatic rings. The van der Waals surface area contributed by atoms with Gasteiger partial charge in [0.05, 0.1) is 12.3 Å². The molecular formula is C12H13N3O3S. The molecule has 1 heterocycles. The lowest BCUT2D eigenvalue weighted by Crippen LogP contribution is -2.15. The van der Waals surface area contributed by atoms with Crippen molar-refractivity contribution >= 4 is 21.4 Å². The Kier molecular flexibility index (Phi) is 3.68. The smallest absolute Gasteiger partial charge is 0.265 e. The van der Waals surface area contributed by atoms with Crippen LogP contribution in [0.1, 0.15) is 5.56 Å². The number of nitrogen functional groups attached to an aromatic ring is 1. The number of rotatable bonds is 4. The third-order valence-corrected chi connectivity index (χ3v) is 3.92. The van der Waals surface area contributed by atoms with Gasteiger partial charge >= 0.3 is 0 Å². The lowest BCUT2D eigenvalue weighted by atomic mass is 10.2. The quantitative estimate of drug-likeness (QED) is 0.773. The standard InChI is InChI=1S/C12H13N3O3S/c13-11-5-6-14-7-12(11)19(17,18)15-10-3-1-9(8-16)2-4-10/h1-7,15-16H,8H2,(H2,13,14). The normalized spacial score (nSPS) is 11.2. The monoisotopic (exact) mass is 279 g/mol. The number of anilines is 2. The fraction of sp³-hybridized carbons (Fsp3) is 0.0833. The highest BCUT2D eigenvalue weighted by Gasteiger charge is 2.17. The zero-order chi connectivity index (χ0) is 13.9. The summed E-state index contributed by atoms with van der Waals surface area (Å²) < 4.78 is 26.6. The maximum Gasteiger partial charge on any atom is 0.265 e. The van der Waals surface area contributed by atoms with Crippen molar-refractivity contribution in [1.82, 2.24) is 4.98 Å². The van der Waals surface area contributed by atoms with Gasteiger partial charge in [-0.15, -0.1) is 0 Å². The van der Waals surface area contributed by atoms with Crippen molar-refractivity contribution in [3.05, 3.63) is 48.3 Å². The first-order valence-electron chi connectivity index (χ1n) is 5.45. The molecule has 0 aliphatic carbocycles. The van der Waals surface area contributed by atoms with Crippen molar-refractivity contribution in [3.8, 4) is 0 Å². The zero-order valence-corrected chi connectivity index (χ0v) is 10.8. The molecule has 0 bridgehead atoms. The highest BCUT2D eigenvalue weighted by molar-refractivity contribution is 7.92. The average molecular weight is 279 g/mol. The Labute approximate surface area is 111 Å². The van der Waals surface area contributed by atoms with Crippen LogP contribution in [0.4, 0.5) is 11.4 Å². The van der Waals surface area contributed by atoms with Gasteiger partial charge in [-0.05, 0) is 23.8 Å². The number of nitrogens with zero attached hydrogens (tertiary/aromatic N) is 1. The van der Waals surface area contributed by atoms with Crippen LogP contribution in [-0.2, 0) is 16.6 Å². The summed E-state index contributed by atoms with van der Waals surface area (Å²) in [5.41, 5.74) is 6.83. The Balaban J connectivity index is 2.28. The number of nitrogens with two attached hydrogens (primary N) is 1. The predicted octanol–water partition coefficient (Wildman–Crippen LogP) is 0.957. The minimum Gasteiger partial charge on any atom is -0.398 e. The highest BCUT2D eigenvalue weighted by atomic mass is 32.2. The summed E-state index contributed by atoms with van der Waals surface area (Å²) in [5.74, 6) is 0. The number of aliphatic hydroxyl groups is 1. The second-order valence-corrected chi connectivity index (χ2v) is 5.52. The van der Waals surface area contributed by atoms with Crippen molar-refractivity contribution in [3.63, 3.8) is 0 Å². The number of hydrogen-bond donors (Lipinski definition) is 3. The Bertz CT molecular complexity index is 669. The molecule has 0 fully saturated rings. The van der Waals surface area contributed by atoms with Gasteiger partial charge in [0.25, 0.3) is 10.0 Å². The second-order valence-electron chi connectivity index (χ2n) is 3.87. The van der Waals surface area contributed by atoms with Crippen LogP contribution in [0.15, 0.2) is 47.6 Å². The molecule has 0 spiro atoms. The van der Waals surface area contributed by atoms with Gasteiger partial charge in [0, 0.05) is 18.1 Å². The summed E-state index contributed by atoms with van der Waals surface area (Å²) in [6, 6.07) is 7.81. The van der Waals surface area contributed by atoms with E-state index in [1.54, 1.807) is 24.3 Å². The first-order valence-corrected chi connectivity index (χ1v) is 6.93. The topological polar surface area (TPSA) is 105 Å². The van der Waals surface area contributed by atoms with E-state index in [1.807, 2.05) is 0 Å². The molecule has 100 valence electrons. The SMILES string of the molecule is Nc1ccncc1S(=O)(=O)Nc1ccc(CO)cc1. The molecule has 7 heteroatoms. The maximum atomic E-state index is 12.1. The number of aromatic nitrogens is 1. The molecule has 0 radical (unpaired) electrons. The molecule has 4 N–H and O–H groups in total. The average Bonchev–Trinajstić information content (AvgIpc) is 2.39. The van der Waals surface area contributed by atoms with Crippen LogP contribution in [0.5, 0.6) is 0 Å². The van der Waals surface area contributed by atoms with Crippen molar-refractivity contribution in [2.24, 2.45) is 0 Å². The van der Waals surface area contributed by atoms with E-state index in [9.17, 15) is 8.42 Å². The molecule has 1 aromatic carbocycles. The van der Waals surface area contributed by atoms with Gasteiger partial charge in [-0.25, -0.2) is 8.42 Å². The molecule has 1 aromatic heterocycles. The van der Waals surface area contributed by atoms with Crippen LogP contribution in [0, 0.1) is 0 Å². The van der Waals surface area contributed by atoms with E-state index in [4.69, 9.17) is 10.8 Å². The third kappa shape index (κ3) is 3.01. The van der Waals surface area contributed by atoms with Crippen LogP contribution < -0.4 is 10.5 Å². The summed E-state index contributed by atoms with van der Waals surface area (Å²) in [5, 5.41) is 8.91. The molecule has 19 heavy (non-hydrogen) atoms. The van der Waals surface area contributed by atoms with Gasteiger partial charge in [0.2, 0.25) is 0 Å². The molecule has 6 nitrogen and oxygen atoms in total. The van der Waals surface area contributed by atoms with Gasteiger partial charge in [-0.1, -0.05) is 12.1 Å². The molecule has 0 atom stereocenters. The zero-order valence-electron chi connectivity index (χ0n) is 9.95. The van der Waals surface area contributed by atoms with Crippen molar-refractivity contribution in [2.45, 2.75) is 11.5 Å². The summed E-state index contributed by atoms with van der Waals surface area (Å²) in [7, 11) is -3.76. The van der Waals surface area contributed by atoms with Crippen molar-refractivity contribution in [1.29, 1.82) is 0 Å². The Morgan fingerprint density at radius 1 is 1.21 bits per heavy atom. The van der Waals surface area contributed by atoms with Crippen molar-refractivity contribution in [2.75, 3.05) is 10.5 Å². The molecule has 2 rings (SSSR count). The summed E-state index contributed by atoms with van der Waals surface area (Å²) in [4.78, 5) is 3.68. The van der Waals surface area contributed by atoms with E-state index < -0.39 is 10.0 Å². The fourth-order valence-corrected chi connectivity index (χ4v) is 2.64. The summed E-state index contributed by atoms with van der Waals surface area (Å²) >= 11 is 0. The molecule has 0 amide bonds. The van der Waals surface area contributed by atoms with Gasteiger partial charge in [-0.2, -0.15) is 0 Å². The van der Waals surface area contributed by atoms with Crippen LogP contribution in [0.2, 0.25) is 0 Å². The number of sulfonamides is 1. The molecule has 0 unspecified atom stereocenters. The van der Waals surface area contributed by atoms with Gasteiger partial charge in [-0.3, -0.25) is 9.71 Å². The van der Waals surface area contributed by atoms with Gasteiger partial charge < -0.3 is 10.8 Å². The molecule has 2 aromatic rings. The largest absolute Gasteiger partial charge is 0.398 e. The Hall–Kier alpha value is -2.12. The van der Waals surface area contributed by atoms with Crippen LogP contribution >= 0.6 is 0 Å². The fourth-order valence-electron chi connectivity index (χ4n) is 1.50. The first kappa shape index (κ1) is 13.3. The number of hydrogen-bond acceptors (Lipinski definition) is 5. The minimum absolute atomic E-state index is 0.0683. The number of nitrogens with one attached hydrogen (secondary N) is 1. The van der Waals surface area contributed by atoms with Crippen molar-refractivity contribution < 1.29 is 13.5 Å². The molecular weight excluding hydrogens is 266 g/mol. The van der Waals surface area contributed by atoms with Crippen LogP contribution in [0.25, 0.3) is 0 Å². The van der Waals surface area contributed by atoms with E-state index in [0.717, 1.165) is 0 Å². The minimum atomic E-state index is -3.76. The van der Waals surface area contributed by atoms with Crippen LogP contribution in [-0.4, -0.2) is 18.5 Å². The van der Waals surface area contributed by atoms with E-state index in [-0.39, 0.29) is 17.2 Å². The van der Waals surface area contributed by atoms with E-state index in [1.165, 1.54) is 18.5 Å². The first-order chi connectivity index (χ1) is 9.03. The van der Waals surface area contributed by atoms with E-state index in [2.05, 4.69) is 9.71 Å². The predicted molar refractivity (Wildman–Crippen MR) is 71.8 cm³/mol. The summed E-state index contributed by atoms with van der Waals surface area (Å²) in [6.45, 7) is -0.0947. The number of pyridine rings is 1. The lowest BCUT2D eigenvalue weighted by Gasteiger charge is -2.09. The molecule has 0 aliphatic heterocycles. The Morgan fingerprint density at radius 2 is 1.89 bits per heavy atom. The number of benzene rings is 1. The van der Waals surface area contributed by atoms with Crippen LogP contribution in [0.3, 0.4) is 0 Å². The summed E-state index contributed by atoms with van der Waals surface area (Å²) in [6.07, 6.45) is 2.62. The van der Waals surface area contributed by atoms with E-state index in [0.29, 0.717) is 11.3 Å². The highest BCUT2D eigenvalue weighted by Crippen LogP contribution is 2.20. The van der Waals surface area contributed by atoms with Gasteiger partial charge in [0.15, 0.2) is 0 Å². The maximum absolute atomic E-state index is 12.1.